The molecule has 150 valence electrons. The number of hydrogen-bond acceptors (Lipinski definition) is 7. The lowest BCUT2D eigenvalue weighted by molar-refractivity contribution is -0.113. The van der Waals surface area contributed by atoms with Crippen LogP contribution in [0.15, 0.2) is 54.6 Å². The Balaban J connectivity index is 1.58. The Morgan fingerprint density at radius 2 is 1.76 bits per heavy atom. The molecule has 0 aliphatic rings. The maximum Gasteiger partial charge on any atom is 0.234 e. The molecule has 8 heteroatoms. The topological polar surface area (TPSA) is 106 Å². The molecule has 1 heterocycles. The summed E-state index contributed by atoms with van der Waals surface area (Å²) < 4.78 is 0. The number of nitrogens with two attached hydrogens (primary N) is 1. The van der Waals surface area contributed by atoms with Gasteiger partial charge in [0.05, 0.1) is 11.0 Å². The van der Waals surface area contributed by atoms with Crippen molar-refractivity contribution in [3.63, 3.8) is 0 Å². The number of nitrogens with zero attached hydrogens (tertiary/aromatic N) is 3. The fourth-order valence-corrected chi connectivity index (χ4v) is 3.32. The van der Waals surface area contributed by atoms with Crippen molar-refractivity contribution in [2.45, 2.75) is 25.5 Å². The number of aryl methyl sites for hydroxylation is 1. The summed E-state index contributed by atoms with van der Waals surface area (Å²) in [5.41, 5.74) is 8.73. The van der Waals surface area contributed by atoms with Crippen LogP contribution in [-0.2, 0) is 11.2 Å². The van der Waals surface area contributed by atoms with E-state index in [1.807, 2.05) is 61.5 Å². The number of hydrogen-bond donors (Lipinski definition) is 3. The Morgan fingerprint density at radius 1 is 1.03 bits per heavy atom. The van der Waals surface area contributed by atoms with Gasteiger partial charge in [-0.2, -0.15) is 15.0 Å². The lowest BCUT2D eigenvalue weighted by Crippen LogP contribution is -2.15. The van der Waals surface area contributed by atoms with Gasteiger partial charge in [0.25, 0.3) is 0 Å². The summed E-state index contributed by atoms with van der Waals surface area (Å²) in [7, 11) is 0. The first-order chi connectivity index (χ1) is 14.0. The Labute approximate surface area is 174 Å². The van der Waals surface area contributed by atoms with E-state index in [9.17, 15) is 4.79 Å². The van der Waals surface area contributed by atoms with Gasteiger partial charge in [-0.15, -0.1) is 11.8 Å². The minimum absolute atomic E-state index is 0.0734. The third-order valence-corrected chi connectivity index (χ3v) is 5.31. The number of carbonyl (C=O) groups excluding carboxylic acids is 1. The first kappa shape index (κ1) is 20.6. The minimum atomic E-state index is -0.121. The number of anilines is 4. The van der Waals surface area contributed by atoms with Crippen LogP contribution in [0.25, 0.3) is 0 Å². The van der Waals surface area contributed by atoms with E-state index in [0.717, 1.165) is 17.8 Å². The molecule has 0 bridgehead atoms. The summed E-state index contributed by atoms with van der Waals surface area (Å²) in [4.78, 5) is 25.1. The molecule has 3 aromatic rings. The molecule has 3 rings (SSSR count). The van der Waals surface area contributed by atoms with Crippen LogP contribution >= 0.6 is 11.8 Å². The van der Waals surface area contributed by atoms with Gasteiger partial charge in [0.1, 0.15) is 5.82 Å². The first-order valence-electron chi connectivity index (χ1n) is 9.37. The molecular weight excluding hydrogens is 384 g/mol. The van der Waals surface area contributed by atoms with Crippen molar-refractivity contribution < 1.29 is 4.79 Å². The van der Waals surface area contributed by atoms with Crippen molar-refractivity contribution in [3.05, 3.63) is 66.0 Å². The van der Waals surface area contributed by atoms with E-state index in [-0.39, 0.29) is 22.9 Å². The van der Waals surface area contributed by atoms with Gasteiger partial charge in [-0.3, -0.25) is 4.79 Å². The van der Waals surface area contributed by atoms with E-state index in [2.05, 4.69) is 32.5 Å². The van der Waals surface area contributed by atoms with Gasteiger partial charge >= 0.3 is 0 Å². The van der Waals surface area contributed by atoms with Gasteiger partial charge in [0.15, 0.2) is 0 Å². The number of nitrogens with one attached hydrogen (secondary N) is 2. The summed E-state index contributed by atoms with van der Waals surface area (Å²) >= 11 is 1.44. The number of benzene rings is 2. The van der Waals surface area contributed by atoms with Crippen LogP contribution in [-0.4, -0.2) is 26.6 Å². The van der Waals surface area contributed by atoms with Crippen LogP contribution < -0.4 is 16.4 Å². The lowest BCUT2D eigenvalue weighted by Gasteiger charge is -2.12. The van der Waals surface area contributed by atoms with E-state index in [1.165, 1.54) is 17.3 Å². The lowest BCUT2D eigenvalue weighted by atomic mass is 10.1. The number of rotatable bonds is 8. The van der Waals surface area contributed by atoms with Crippen LogP contribution in [0, 0.1) is 0 Å². The first-order valence-corrected chi connectivity index (χ1v) is 10.4. The largest absolute Gasteiger partial charge is 0.368 e. The van der Waals surface area contributed by atoms with Crippen LogP contribution in [0.1, 0.15) is 30.5 Å². The average Bonchev–Trinajstić information content (AvgIpc) is 2.73. The van der Waals surface area contributed by atoms with Crippen molar-refractivity contribution >= 4 is 40.9 Å². The van der Waals surface area contributed by atoms with E-state index < -0.39 is 0 Å². The van der Waals surface area contributed by atoms with Crippen LogP contribution in [0.4, 0.5) is 23.3 Å². The summed E-state index contributed by atoms with van der Waals surface area (Å²) in [6.07, 6.45) is 0.970. The zero-order chi connectivity index (χ0) is 20.6. The highest BCUT2D eigenvalue weighted by molar-refractivity contribution is 8.00. The third kappa shape index (κ3) is 6.18. The van der Waals surface area contributed by atoms with E-state index in [1.54, 1.807) is 0 Å². The normalized spacial score (nSPS) is 11.7. The molecule has 4 N–H and O–H groups in total. The molecule has 0 fully saturated rings. The number of amides is 1. The van der Waals surface area contributed by atoms with E-state index in [0.29, 0.717) is 11.8 Å². The smallest absolute Gasteiger partial charge is 0.234 e. The predicted octanol–water partition coefficient (Wildman–Crippen LogP) is 4.19. The second kappa shape index (κ2) is 9.88. The maximum atomic E-state index is 12.3. The summed E-state index contributed by atoms with van der Waals surface area (Å²) in [6.45, 7) is 4.04. The molecule has 0 spiro atoms. The van der Waals surface area contributed by atoms with Gasteiger partial charge in [-0.25, -0.2) is 0 Å². The molecule has 0 radical (unpaired) electrons. The molecule has 1 aromatic heterocycles. The quantitative estimate of drug-likeness (QED) is 0.513. The molecule has 0 saturated heterocycles. The Kier molecular flexibility index (Phi) is 7.02. The van der Waals surface area contributed by atoms with Gasteiger partial charge in [0.2, 0.25) is 17.8 Å². The standard InChI is InChI=1S/C21H24N6OS/c1-3-15-9-11-17(12-10-15)23-18(28)13-29-14(2)19-25-20(22)27-21(26-19)24-16-7-5-4-6-8-16/h4-12,14H,3,13H2,1-2H3,(H,23,28)(H3,22,24,25,26,27). The molecule has 7 nitrogen and oxygen atoms in total. The number of thioether (sulfide) groups is 1. The summed E-state index contributed by atoms with van der Waals surface area (Å²) in [5.74, 6) is 1.26. The molecule has 0 saturated carbocycles. The Bertz CT molecular complexity index is 949. The number of carbonyl (C=O) groups is 1. The highest BCUT2D eigenvalue weighted by Gasteiger charge is 2.15. The van der Waals surface area contributed by atoms with Gasteiger partial charge in [-0.05, 0) is 43.2 Å². The fraction of sp³-hybridized carbons (Fsp3) is 0.238. The number of para-hydroxylation sites is 1. The molecule has 29 heavy (non-hydrogen) atoms. The predicted molar refractivity (Wildman–Crippen MR) is 119 cm³/mol. The maximum absolute atomic E-state index is 12.3. The van der Waals surface area contributed by atoms with Gasteiger partial charge in [0, 0.05) is 11.4 Å². The Morgan fingerprint density at radius 3 is 2.45 bits per heavy atom. The molecule has 1 amide bonds. The second-order valence-corrected chi connectivity index (χ2v) is 7.75. The van der Waals surface area contributed by atoms with Crippen molar-refractivity contribution in [1.82, 2.24) is 15.0 Å². The van der Waals surface area contributed by atoms with Crippen LogP contribution in [0.5, 0.6) is 0 Å². The van der Waals surface area contributed by atoms with Crippen LogP contribution in [0.2, 0.25) is 0 Å². The SMILES string of the molecule is CCc1ccc(NC(=O)CSC(C)c2nc(N)nc(Nc3ccccc3)n2)cc1. The van der Waals surface area contributed by atoms with Crippen molar-refractivity contribution in [1.29, 1.82) is 0 Å². The van der Waals surface area contributed by atoms with Crippen molar-refractivity contribution in [2.24, 2.45) is 0 Å². The van der Waals surface area contributed by atoms with Crippen molar-refractivity contribution in [3.8, 4) is 0 Å². The van der Waals surface area contributed by atoms with Crippen LogP contribution in [0.3, 0.4) is 0 Å². The van der Waals surface area contributed by atoms with E-state index >= 15 is 0 Å². The van der Waals surface area contributed by atoms with Gasteiger partial charge in [-0.1, -0.05) is 37.3 Å². The second-order valence-electron chi connectivity index (χ2n) is 6.42. The molecule has 0 aliphatic carbocycles. The fourth-order valence-electron chi connectivity index (χ4n) is 2.59. The summed E-state index contributed by atoms with van der Waals surface area (Å²) in [6, 6.07) is 17.4. The molecular formula is C21H24N6OS. The summed E-state index contributed by atoms with van der Waals surface area (Å²) in [5, 5.41) is 5.90. The third-order valence-electron chi connectivity index (χ3n) is 4.17. The molecule has 0 aliphatic heterocycles. The highest BCUT2D eigenvalue weighted by atomic mass is 32.2. The monoisotopic (exact) mass is 408 g/mol. The zero-order valence-electron chi connectivity index (χ0n) is 16.4. The number of nitrogen functional groups attached to an aromatic ring is 1. The molecule has 1 unspecified atom stereocenters. The van der Waals surface area contributed by atoms with Crippen molar-refractivity contribution in [2.75, 3.05) is 22.1 Å². The van der Waals surface area contributed by atoms with Gasteiger partial charge < -0.3 is 16.4 Å². The number of aromatic nitrogens is 3. The molecule has 1 atom stereocenters. The van der Waals surface area contributed by atoms with E-state index in [4.69, 9.17) is 5.73 Å². The zero-order valence-corrected chi connectivity index (χ0v) is 17.2. The average molecular weight is 409 g/mol. The minimum Gasteiger partial charge on any atom is -0.368 e. The Hall–Kier alpha value is -3.13. The highest BCUT2D eigenvalue weighted by Crippen LogP contribution is 2.27. The molecule has 2 aromatic carbocycles.